The Hall–Kier alpha value is -0.730. The van der Waals surface area contributed by atoms with Crippen molar-refractivity contribution in [3.8, 4) is 0 Å². The number of carbonyl (C=O) groups is 1. The van der Waals surface area contributed by atoms with E-state index < -0.39 is 0 Å². The maximum absolute atomic E-state index is 11.9. The Morgan fingerprint density at radius 3 is 1.22 bits per heavy atom. The van der Waals surface area contributed by atoms with Gasteiger partial charge >= 0.3 is 6.03 Å². The summed E-state index contributed by atoms with van der Waals surface area (Å²) in [5.41, 5.74) is 0. The largest absolute Gasteiger partial charge is 0.335 e. The first kappa shape index (κ1) is 17.3. The summed E-state index contributed by atoms with van der Waals surface area (Å²) in [5.74, 6) is 0. The number of nitrogens with one attached hydrogen (secondary N) is 2. The molecule has 0 saturated heterocycles. The molecule has 0 aliphatic carbocycles. The zero-order chi connectivity index (χ0) is 13.8. The van der Waals surface area contributed by atoms with Crippen molar-refractivity contribution in [1.29, 1.82) is 0 Å². The summed E-state index contributed by atoms with van der Waals surface area (Å²) >= 11 is 0. The van der Waals surface area contributed by atoms with Crippen molar-refractivity contribution >= 4 is 6.03 Å². The Bertz CT molecular complexity index is 175. The fourth-order valence-electron chi connectivity index (χ4n) is 2.38. The van der Waals surface area contributed by atoms with Gasteiger partial charge in [0, 0.05) is 12.1 Å². The van der Waals surface area contributed by atoms with Crippen molar-refractivity contribution < 1.29 is 4.79 Å². The number of amides is 2. The lowest BCUT2D eigenvalue weighted by Gasteiger charge is -2.22. The van der Waals surface area contributed by atoms with Crippen LogP contribution in [-0.4, -0.2) is 18.1 Å². The first-order chi connectivity index (χ1) is 8.67. The zero-order valence-electron chi connectivity index (χ0n) is 12.7. The van der Waals surface area contributed by atoms with Crippen LogP contribution in [0.5, 0.6) is 0 Å². The third-order valence-electron chi connectivity index (χ3n) is 3.22. The van der Waals surface area contributed by atoms with Gasteiger partial charge in [-0.3, -0.25) is 0 Å². The molecule has 0 aliphatic rings. The molecule has 0 aliphatic heterocycles. The summed E-state index contributed by atoms with van der Waals surface area (Å²) in [6, 6.07) is 0.696. The molecule has 0 saturated carbocycles. The summed E-state index contributed by atoms with van der Waals surface area (Å²) in [6.45, 7) is 8.66. The van der Waals surface area contributed by atoms with Crippen LogP contribution in [0.4, 0.5) is 4.79 Å². The van der Waals surface area contributed by atoms with Crippen LogP contribution in [0.2, 0.25) is 0 Å². The number of hydrogen-bond acceptors (Lipinski definition) is 1. The van der Waals surface area contributed by atoms with Gasteiger partial charge in [-0.05, 0) is 25.7 Å². The predicted octanol–water partition coefficient (Wildman–Crippen LogP) is 4.22. The van der Waals surface area contributed by atoms with Crippen molar-refractivity contribution in [3.05, 3.63) is 0 Å². The molecule has 2 N–H and O–H groups in total. The van der Waals surface area contributed by atoms with Gasteiger partial charge < -0.3 is 10.6 Å². The minimum Gasteiger partial charge on any atom is -0.335 e. The Morgan fingerprint density at radius 2 is 1.00 bits per heavy atom. The summed E-state index contributed by atoms with van der Waals surface area (Å²) < 4.78 is 0. The molecule has 0 aromatic rings. The van der Waals surface area contributed by atoms with Gasteiger partial charge in [0.05, 0.1) is 0 Å². The Balaban J connectivity index is 4.09. The minimum atomic E-state index is 0.0220. The molecule has 2 amide bonds. The van der Waals surface area contributed by atoms with Gasteiger partial charge in [-0.1, -0.05) is 53.4 Å². The van der Waals surface area contributed by atoms with E-state index in [1.165, 1.54) is 0 Å². The Labute approximate surface area is 113 Å². The summed E-state index contributed by atoms with van der Waals surface area (Å²) in [7, 11) is 0. The van der Waals surface area contributed by atoms with Crippen LogP contribution in [0.1, 0.15) is 79.1 Å². The Morgan fingerprint density at radius 1 is 0.722 bits per heavy atom. The Kier molecular flexibility index (Phi) is 10.9. The van der Waals surface area contributed by atoms with E-state index in [0.29, 0.717) is 12.1 Å². The second kappa shape index (κ2) is 11.4. The lowest BCUT2D eigenvalue weighted by Crippen LogP contribution is -2.46. The van der Waals surface area contributed by atoms with E-state index in [1.54, 1.807) is 0 Å². The van der Waals surface area contributed by atoms with Crippen LogP contribution in [0.3, 0.4) is 0 Å². The molecule has 0 aromatic carbocycles. The van der Waals surface area contributed by atoms with E-state index in [0.717, 1.165) is 51.4 Å². The van der Waals surface area contributed by atoms with Gasteiger partial charge in [0.15, 0.2) is 0 Å². The van der Waals surface area contributed by atoms with Gasteiger partial charge in [-0.15, -0.1) is 0 Å². The molecular weight excluding hydrogens is 224 g/mol. The van der Waals surface area contributed by atoms with Crippen LogP contribution < -0.4 is 10.6 Å². The van der Waals surface area contributed by atoms with E-state index >= 15 is 0 Å². The quantitative estimate of drug-likeness (QED) is 0.603. The standard InChI is InChI=1S/C15H32N2O/c1-5-9-13(10-6-2)16-15(18)17-14(11-7-3)12-8-4/h13-14H,5-12H2,1-4H3,(H2,16,17,18). The SMILES string of the molecule is CCCC(CCC)NC(=O)NC(CCC)CCC. The molecule has 0 heterocycles. The van der Waals surface area contributed by atoms with Gasteiger partial charge in [0.25, 0.3) is 0 Å². The number of hydrogen-bond donors (Lipinski definition) is 2. The smallest absolute Gasteiger partial charge is 0.315 e. The first-order valence-corrected chi connectivity index (χ1v) is 7.74. The van der Waals surface area contributed by atoms with Crippen molar-refractivity contribution in [2.45, 2.75) is 91.1 Å². The van der Waals surface area contributed by atoms with E-state index in [2.05, 4.69) is 38.3 Å². The molecule has 108 valence electrons. The van der Waals surface area contributed by atoms with E-state index in [9.17, 15) is 4.79 Å². The van der Waals surface area contributed by atoms with E-state index in [1.807, 2.05) is 0 Å². The average Bonchev–Trinajstić information content (AvgIpc) is 2.30. The van der Waals surface area contributed by atoms with Gasteiger partial charge in [-0.25, -0.2) is 4.79 Å². The van der Waals surface area contributed by atoms with Crippen LogP contribution >= 0.6 is 0 Å². The maximum atomic E-state index is 11.9. The normalized spacial score (nSPS) is 11.0. The van der Waals surface area contributed by atoms with Crippen LogP contribution in [0.15, 0.2) is 0 Å². The lowest BCUT2D eigenvalue weighted by atomic mass is 10.1. The minimum absolute atomic E-state index is 0.0220. The third kappa shape index (κ3) is 8.37. The first-order valence-electron chi connectivity index (χ1n) is 7.74. The van der Waals surface area contributed by atoms with Crippen LogP contribution in [0.25, 0.3) is 0 Å². The summed E-state index contributed by atoms with van der Waals surface area (Å²) in [5, 5.41) is 6.23. The van der Waals surface area contributed by atoms with Gasteiger partial charge in [0.2, 0.25) is 0 Å². The monoisotopic (exact) mass is 256 g/mol. The molecule has 0 fully saturated rings. The lowest BCUT2D eigenvalue weighted by molar-refractivity contribution is 0.229. The summed E-state index contributed by atoms with van der Waals surface area (Å²) in [4.78, 5) is 11.9. The maximum Gasteiger partial charge on any atom is 0.315 e. The fourth-order valence-corrected chi connectivity index (χ4v) is 2.38. The molecule has 0 aromatic heterocycles. The van der Waals surface area contributed by atoms with Crippen molar-refractivity contribution in [3.63, 3.8) is 0 Å². The highest BCUT2D eigenvalue weighted by atomic mass is 16.2. The molecule has 0 bridgehead atoms. The molecule has 3 nitrogen and oxygen atoms in total. The van der Waals surface area contributed by atoms with Crippen LogP contribution in [0, 0.1) is 0 Å². The van der Waals surface area contributed by atoms with E-state index in [4.69, 9.17) is 0 Å². The molecular formula is C15H32N2O. The second-order valence-electron chi connectivity index (χ2n) is 5.17. The molecule has 18 heavy (non-hydrogen) atoms. The highest BCUT2D eigenvalue weighted by Gasteiger charge is 2.14. The number of rotatable bonds is 10. The topological polar surface area (TPSA) is 41.1 Å². The van der Waals surface area contributed by atoms with Crippen molar-refractivity contribution in [1.82, 2.24) is 10.6 Å². The van der Waals surface area contributed by atoms with Crippen molar-refractivity contribution in [2.24, 2.45) is 0 Å². The zero-order valence-corrected chi connectivity index (χ0v) is 12.7. The number of urea groups is 1. The highest BCUT2D eigenvalue weighted by molar-refractivity contribution is 5.74. The fraction of sp³-hybridized carbons (Fsp3) is 0.933. The molecule has 0 spiro atoms. The van der Waals surface area contributed by atoms with E-state index in [-0.39, 0.29) is 6.03 Å². The number of carbonyl (C=O) groups excluding carboxylic acids is 1. The van der Waals surface area contributed by atoms with Gasteiger partial charge in [-0.2, -0.15) is 0 Å². The highest BCUT2D eigenvalue weighted by Crippen LogP contribution is 2.06. The molecule has 3 heteroatoms. The van der Waals surface area contributed by atoms with Gasteiger partial charge in [0.1, 0.15) is 0 Å². The second-order valence-corrected chi connectivity index (χ2v) is 5.17. The molecule has 0 radical (unpaired) electrons. The predicted molar refractivity (Wildman–Crippen MR) is 78.9 cm³/mol. The molecule has 0 unspecified atom stereocenters. The average molecular weight is 256 g/mol. The molecule has 0 rings (SSSR count). The molecule has 0 atom stereocenters. The van der Waals surface area contributed by atoms with Crippen molar-refractivity contribution in [2.75, 3.05) is 0 Å². The third-order valence-corrected chi connectivity index (χ3v) is 3.22. The van der Waals surface area contributed by atoms with Crippen LogP contribution in [-0.2, 0) is 0 Å². The summed E-state index contributed by atoms with van der Waals surface area (Å²) in [6.07, 6.45) is 8.80.